The summed E-state index contributed by atoms with van der Waals surface area (Å²) in [7, 11) is -4.74. The minimum absolute atomic E-state index is 0.0997. The molecule has 0 aromatic rings. The third kappa shape index (κ3) is 35.3. The normalized spacial score (nSPS) is 15.0. The van der Waals surface area contributed by atoms with Crippen molar-refractivity contribution >= 4 is 25.7 Å². The van der Waals surface area contributed by atoms with Crippen molar-refractivity contribution in [2.24, 2.45) is 5.73 Å². The zero-order chi connectivity index (χ0) is 41.7. The second kappa shape index (κ2) is 37.4. The Morgan fingerprint density at radius 3 is 1.50 bits per heavy atom. The van der Waals surface area contributed by atoms with Crippen LogP contribution in [0.4, 0.5) is 0 Å². The quantitative estimate of drug-likeness (QED) is 0.0169. The third-order valence-corrected chi connectivity index (χ3v) is 10.7. The molecule has 5 atom stereocenters. The number of aliphatic carboxylic acids is 1. The number of hydrogen-bond donors (Lipinski definition) is 5. The third-order valence-electron chi connectivity index (χ3n) is 9.71. The van der Waals surface area contributed by atoms with Crippen LogP contribution in [0.25, 0.3) is 0 Å². The lowest BCUT2D eigenvalue weighted by atomic mass is 10.00. The molecule has 0 saturated carbocycles. The second-order valence-corrected chi connectivity index (χ2v) is 16.6. The van der Waals surface area contributed by atoms with E-state index in [1.807, 2.05) is 0 Å². The summed E-state index contributed by atoms with van der Waals surface area (Å²) < 4.78 is 32.6. The highest BCUT2D eigenvalue weighted by atomic mass is 31.2. The number of carbonyl (C=O) groups excluding carboxylic acids is 2. The van der Waals surface area contributed by atoms with Crippen LogP contribution in [0.5, 0.6) is 0 Å². The number of carboxylic acid groups (broad SMARTS) is 1. The van der Waals surface area contributed by atoms with Gasteiger partial charge in [0.2, 0.25) is 0 Å². The van der Waals surface area contributed by atoms with Crippen LogP contribution in [0.3, 0.4) is 0 Å². The van der Waals surface area contributed by atoms with Crippen molar-refractivity contribution in [2.45, 2.75) is 218 Å². The fourth-order valence-electron chi connectivity index (χ4n) is 6.09. The van der Waals surface area contributed by atoms with E-state index in [2.05, 4.69) is 30.5 Å². The molecule has 330 valence electrons. The fraction of sp³-hybridized carbons (Fsp3) is 0.881. The van der Waals surface area contributed by atoms with Crippen molar-refractivity contribution in [3.05, 3.63) is 12.2 Å². The average molecular weight is 822 g/mol. The van der Waals surface area contributed by atoms with Gasteiger partial charge in [-0.25, -0.2) is 4.57 Å². The molecular weight excluding hydrogens is 741 g/mol. The first kappa shape index (κ1) is 54.1. The molecule has 0 radical (unpaired) electrons. The van der Waals surface area contributed by atoms with E-state index in [0.717, 1.165) is 103 Å². The van der Waals surface area contributed by atoms with Crippen LogP contribution in [-0.2, 0) is 37.5 Å². The minimum atomic E-state index is -4.74. The number of ether oxygens (including phenoxy) is 2. The number of unbranched alkanes of at least 4 members (excludes halogenated alkanes) is 20. The SMILES string of the molecule is CCCCCCCC/C=C\CCCCCCCC(=O)OCC(COP(=O)(O)OCC(N)C(=O)O)OC(=O)CCCCCCCCCC(O)C(O)CCCCCC. The van der Waals surface area contributed by atoms with Crippen LogP contribution in [0.1, 0.15) is 194 Å². The monoisotopic (exact) mass is 822 g/mol. The van der Waals surface area contributed by atoms with E-state index in [9.17, 15) is 34.1 Å². The van der Waals surface area contributed by atoms with E-state index in [0.29, 0.717) is 25.7 Å². The number of carbonyl (C=O) groups is 3. The lowest BCUT2D eigenvalue weighted by molar-refractivity contribution is -0.161. The highest BCUT2D eigenvalue weighted by molar-refractivity contribution is 7.47. The van der Waals surface area contributed by atoms with Crippen molar-refractivity contribution in [1.82, 2.24) is 0 Å². The summed E-state index contributed by atoms with van der Waals surface area (Å²) in [6.07, 6.45) is 28.7. The average Bonchev–Trinajstić information content (AvgIpc) is 3.17. The van der Waals surface area contributed by atoms with Crippen LogP contribution in [0.15, 0.2) is 12.2 Å². The first-order valence-electron chi connectivity index (χ1n) is 21.9. The summed E-state index contributed by atoms with van der Waals surface area (Å²) in [5, 5.41) is 29.2. The fourth-order valence-corrected chi connectivity index (χ4v) is 6.87. The summed E-state index contributed by atoms with van der Waals surface area (Å²) in [5.74, 6) is -2.47. The minimum Gasteiger partial charge on any atom is -0.480 e. The van der Waals surface area contributed by atoms with Crippen LogP contribution in [-0.4, -0.2) is 82.3 Å². The van der Waals surface area contributed by atoms with Gasteiger partial charge < -0.3 is 35.4 Å². The van der Waals surface area contributed by atoms with Crippen molar-refractivity contribution in [3.8, 4) is 0 Å². The number of allylic oxidation sites excluding steroid dienone is 2. The molecule has 0 aromatic heterocycles. The Morgan fingerprint density at radius 2 is 1.00 bits per heavy atom. The first-order chi connectivity index (χ1) is 26.9. The number of phosphoric acid groups is 1. The molecule has 0 heterocycles. The zero-order valence-corrected chi connectivity index (χ0v) is 35.9. The molecular formula is C42H80NO12P. The van der Waals surface area contributed by atoms with Crippen molar-refractivity contribution < 1.29 is 57.7 Å². The lowest BCUT2D eigenvalue weighted by Crippen LogP contribution is -2.34. The van der Waals surface area contributed by atoms with Crippen LogP contribution >= 0.6 is 7.82 Å². The first-order valence-corrected chi connectivity index (χ1v) is 23.4. The Morgan fingerprint density at radius 1 is 0.589 bits per heavy atom. The molecule has 0 spiro atoms. The molecule has 14 heteroatoms. The smallest absolute Gasteiger partial charge is 0.472 e. The van der Waals surface area contributed by atoms with Gasteiger partial charge in [0.1, 0.15) is 12.6 Å². The summed E-state index contributed by atoms with van der Waals surface area (Å²) in [4.78, 5) is 45.9. The van der Waals surface area contributed by atoms with E-state index in [1.165, 1.54) is 38.5 Å². The molecule has 5 unspecified atom stereocenters. The molecule has 0 fully saturated rings. The topological polar surface area (TPSA) is 212 Å². The Labute approximate surface area is 338 Å². The maximum Gasteiger partial charge on any atom is 0.472 e. The number of carboxylic acids is 1. The molecule has 0 bridgehead atoms. The van der Waals surface area contributed by atoms with E-state index in [1.54, 1.807) is 0 Å². The van der Waals surface area contributed by atoms with Gasteiger partial charge in [-0.05, 0) is 51.4 Å². The Balaban J connectivity index is 4.44. The number of aliphatic hydroxyl groups is 2. The van der Waals surface area contributed by atoms with E-state index in [-0.39, 0.29) is 19.4 Å². The predicted molar refractivity (Wildman–Crippen MR) is 220 cm³/mol. The van der Waals surface area contributed by atoms with Crippen molar-refractivity contribution in [2.75, 3.05) is 19.8 Å². The molecule has 0 saturated heterocycles. The molecule has 0 aliphatic heterocycles. The van der Waals surface area contributed by atoms with E-state index >= 15 is 0 Å². The van der Waals surface area contributed by atoms with Crippen molar-refractivity contribution in [1.29, 1.82) is 0 Å². The number of hydrogen-bond acceptors (Lipinski definition) is 11. The summed E-state index contributed by atoms with van der Waals surface area (Å²) >= 11 is 0. The molecule has 0 aliphatic carbocycles. The van der Waals surface area contributed by atoms with Crippen molar-refractivity contribution in [3.63, 3.8) is 0 Å². The van der Waals surface area contributed by atoms with Gasteiger partial charge in [-0.3, -0.25) is 23.4 Å². The number of phosphoric ester groups is 1. The van der Waals surface area contributed by atoms with Gasteiger partial charge in [0, 0.05) is 12.8 Å². The maximum atomic E-state index is 12.6. The maximum absolute atomic E-state index is 12.6. The molecule has 13 nitrogen and oxygen atoms in total. The number of rotatable bonds is 41. The van der Waals surface area contributed by atoms with E-state index < -0.39 is 63.3 Å². The van der Waals surface area contributed by atoms with Gasteiger partial charge in [0.25, 0.3) is 0 Å². The van der Waals surface area contributed by atoms with Crippen LogP contribution in [0, 0.1) is 0 Å². The highest BCUT2D eigenvalue weighted by Crippen LogP contribution is 2.43. The summed E-state index contributed by atoms with van der Waals surface area (Å²) in [6, 6.07) is -1.54. The summed E-state index contributed by atoms with van der Waals surface area (Å²) in [5.41, 5.74) is 5.32. The number of esters is 2. The number of aliphatic hydroxyl groups excluding tert-OH is 2. The number of nitrogens with two attached hydrogens (primary N) is 1. The largest absolute Gasteiger partial charge is 0.480 e. The molecule has 0 amide bonds. The zero-order valence-electron chi connectivity index (χ0n) is 35.0. The standard InChI is InChI=1S/C42H80NO12P/c1-3-5-7-9-10-11-12-13-14-15-16-17-20-23-27-31-40(46)52-33-36(34-53-56(50,51)54-35-37(43)42(48)49)55-41(47)32-28-24-21-18-19-22-26-30-39(45)38(44)29-25-8-6-4-2/h13-14,36-39,44-45H,3-12,15-35,43H2,1-2H3,(H,48,49)(H,50,51)/b14-13-. The molecule has 6 N–H and O–H groups in total. The van der Waals surface area contributed by atoms with Crippen LogP contribution < -0.4 is 5.73 Å². The molecule has 56 heavy (non-hydrogen) atoms. The highest BCUT2D eigenvalue weighted by Gasteiger charge is 2.28. The van der Waals surface area contributed by atoms with Gasteiger partial charge in [-0.15, -0.1) is 0 Å². The predicted octanol–water partition coefficient (Wildman–Crippen LogP) is 9.23. The Bertz CT molecular complexity index is 1050. The second-order valence-electron chi connectivity index (χ2n) is 15.1. The van der Waals surface area contributed by atoms with Crippen LogP contribution in [0.2, 0.25) is 0 Å². The molecule has 0 aromatic carbocycles. The van der Waals surface area contributed by atoms with Gasteiger partial charge in [0.05, 0.1) is 25.4 Å². The molecule has 0 rings (SSSR count). The van der Waals surface area contributed by atoms with Gasteiger partial charge in [0.15, 0.2) is 6.10 Å². The molecule has 0 aliphatic rings. The van der Waals surface area contributed by atoms with Gasteiger partial charge >= 0.3 is 25.7 Å². The van der Waals surface area contributed by atoms with Gasteiger partial charge in [-0.1, -0.05) is 142 Å². The Kier molecular flexibility index (Phi) is 36.2. The van der Waals surface area contributed by atoms with E-state index in [4.69, 9.17) is 24.8 Å². The lowest BCUT2D eigenvalue weighted by Gasteiger charge is -2.20. The summed E-state index contributed by atoms with van der Waals surface area (Å²) in [6.45, 7) is 2.60. The Hall–Kier alpha value is -1.86. The van der Waals surface area contributed by atoms with Gasteiger partial charge in [-0.2, -0.15) is 0 Å².